The normalized spacial score (nSPS) is 24.3. The van der Waals surface area contributed by atoms with Crippen molar-refractivity contribution in [3.05, 3.63) is 35.6 Å². The number of nitrogens with zero attached hydrogens (tertiary/aromatic N) is 1. The highest BCUT2D eigenvalue weighted by Gasteiger charge is 2.25. The van der Waals surface area contributed by atoms with Crippen molar-refractivity contribution >= 4 is 0 Å². The van der Waals surface area contributed by atoms with Gasteiger partial charge in [0.15, 0.2) is 0 Å². The minimum atomic E-state index is -0.223. The summed E-state index contributed by atoms with van der Waals surface area (Å²) in [5.41, 5.74) is 7.04. The lowest BCUT2D eigenvalue weighted by Gasteiger charge is -2.37. The van der Waals surface area contributed by atoms with Gasteiger partial charge >= 0.3 is 0 Å². The van der Waals surface area contributed by atoms with Crippen molar-refractivity contribution in [2.24, 2.45) is 5.73 Å². The van der Waals surface area contributed by atoms with Gasteiger partial charge in [-0.2, -0.15) is 0 Å². The Labute approximate surface area is 95.4 Å². The molecule has 0 aliphatic carbocycles. The summed E-state index contributed by atoms with van der Waals surface area (Å²) >= 11 is 0. The maximum absolute atomic E-state index is 13.1. The summed E-state index contributed by atoms with van der Waals surface area (Å²) in [6, 6.07) is 6.65. The lowest BCUT2D eigenvalue weighted by molar-refractivity contribution is 0.174. The fourth-order valence-electron chi connectivity index (χ4n) is 2.16. The van der Waals surface area contributed by atoms with E-state index in [9.17, 15) is 4.39 Å². The van der Waals surface area contributed by atoms with Crippen LogP contribution in [-0.4, -0.2) is 37.6 Å². The fraction of sp³-hybridized carbons (Fsp3) is 0.500. The standard InChI is InChI=1S/C12H18FN3/c1-16-6-5-15-8-11(16)12(14)9-3-2-4-10(13)7-9/h2-4,7,11-12,15H,5-6,8,14H2,1H3. The molecule has 1 heterocycles. The molecular weight excluding hydrogens is 205 g/mol. The highest BCUT2D eigenvalue weighted by molar-refractivity contribution is 5.21. The molecule has 3 nitrogen and oxygen atoms in total. The van der Waals surface area contributed by atoms with Crippen LogP contribution in [0.4, 0.5) is 4.39 Å². The predicted molar refractivity (Wildman–Crippen MR) is 62.6 cm³/mol. The van der Waals surface area contributed by atoms with E-state index in [0.717, 1.165) is 25.2 Å². The minimum Gasteiger partial charge on any atom is -0.323 e. The molecule has 16 heavy (non-hydrogen) atoms. The molecule has 4 heteroatoms. The van der Waals surface area contributed by atoms with Crippen molar-refractivity contribution in [2.75, 3.05) is 26.7 Å². The van der Waals surface area contributed by atoms with Crippen molar-refractivity contribution in [1.29, 1.82) is 0 Å². The number of benzene rings is 1. The second-order valence-electron chi connectivity index (χ2n) is 4.33. The maximum Gasteiger partial charge on any atom is 0.123 e. The number of halogens is 1. The minimum absolute atomic E-state index is 0.145. The van der Waals surface area contributed by atoms with E-state index < -0.39 is 0 Å². The van der Waals surface area contributed by atoms with Crippen molar-refractivity contribution in [3.63, 3.8) is 0 Å². The van der Waals surface area contributed by atoms with Crippen LogP contribution in [-0.2, 0) is 0 Å². The Hall–Kier alpha value is -0.970. The van der Waals surface area contributed by atoms with Crippen LogP contribution in [0.1, 0.15) is 11.6 Å². The molecule has 1 aromatic carbocycles. The number of nitrogens with two attached hydrogens (primary N) is 1. The first-order valence-corrected chi connectivity index (χ1v) is 5.60. The molecule has 2 atom stereocenters. The molecule has 88 valence electrons. The van der Waals surface area contributed by atoms with Gasteiger partial charge in [-0.3, -0.25) is 4.90 Å². The molecular formula is C12H18FN3. The van der Waals surface area contributed by atoms with Gasteiger partial charge in [-0.05, 0) is 24.7 Å². The van der Waals surface area contributed by atoms with Gasteiger partial charge in [0.25, 0.3) is 0 Å². The SMILES string of the molecule is CN1CCNCC1C(N)c1cccc(F)c1. The molecule has 0 saturated carbocycles. The first kappa shape index (κ1) is 11.5. The summed E-state index contributed by atoms with van der Waals surface area (Å²) in [5.74, 6) is -0.223. The third-order valence-electron chi connectivity index (χ3n) is 3.21. The monoisotopic (exact) mass is 223 g/mol. The molecule has 0 amide bonds. The van der Waals surface area contributed by atoms with E-state index in [1.54, 1.807) is 6.07 Å². The molecule has 0 bridgehead atoms. The maximum atomic E-state index is 13.1. The van der Waals surface area contributed by atoms with Gasteiger partial charge in [-0.25, -0.2) is 4.39 Å². The second-order valence-corrected chi connectivity index (χ2v) is 4.33. The van der Waals surface area contributed by atoms with Gasteiger partial charge in [0, 0.05) is 31.7 Å². The molecule has 3 N–H and O–H groups in total. The Bertz CT molecular complexity index is 356. The van der Waals surface area contributed by atoms with Crippen LogP contribution in [0, 0.1) is 5.82 Å². The summed E-state index contributed by atoms with van der Waals surface area (Å²) < 4.78 is 13.1. The molecule has 0 aromatic heterocycles. The molecule has 1 aliphatic rings. The lowest BCUT2D eigenvalue weighted by Crippen LogP contribution is -2.53. The van der Waals surface area contributed by atoms with Crippen LogP contribution in [0.3, 0.4) is 0 Å². The Kier molecular flexibility index (Phi) is 3.53. The van der Waals surface area contributed by atoms with Gasteiger partial charge in [-0.15, -0.1) is 0 Å². The number of nitrogens with one attached hydrogen (secondary N) is 1. The van der Waals surface area contributed by atoms with E-state index in [1.165, 1.54) is 12.1 Å². The molecule has 1 fully saturated rings. The van der Waals surface area contributed by atoms with E-state index >= 15 is 0 Å². The summed E-state index contributed by atoms with van der Waals surface area (Å²) in [4.78, 5) is 2.23. The zero-order valence-corrected chi connectivity index (χ0v) is 9.49. The van der Waals surface area contributed by atoms with E-state index in [4.69, 9.17) is 5.73 Å². The Morgan fingerprint density at radius 2 is 2.38 bits per heavy atom. The zero-order chi connectivity index (χ0) is 11.5. The number of piperazine rings is 1. The van der Waals surface area contributed by atoms with E-state index in [2.05, 4.69) is 17.3 Å². The second kappa shape index (κ2) is 4.91. The zero-order valence-electron chi connectivity index (χ0n) is 9.49. The summed E-state index contributed by atoms with van der Waals surface area (Å²) in [6.07, 6.45) is 0. The van der Waals surface area contributed by atoms with E-state index in [-0.39, 0.29) is 17.9 Å². The fourth-order valence-corrected chi connectivity index (χ4v) is 2.16. The molecule has 2 rings (SSSR count). The van der Waals surface area contributed by atoms with Crippen LogP contribution >= 0.6 is 0 Å². The van der Waals surface area contributed by atoms with Crippen molar-refractivity contribution in [3.8, 4) is 0 Å². The van der Waals surface area contributed by atoms with E-state index in [0.29, 0.717) is 0 Å². The smallest absolute Gasteiger partial charge is 0.123 e. The summed E-state index contributed by atoms with van der Waals surface area (Å²) in [6.45, 7) is 2.82. The van der Waals surface area contributed by atoms with Gasteiger partial charge in [0.1, 0.15) is 5.82 Å². The highest BCUT2D eigenvalue weighted by atomic mass is 19.1. The molecule has 1 aliphatic heterocycles. The van der Waals surface area contributed by atoms with Crippen LogP contribution in [0.5, 0.6) is 0 Å². The van der Waals surface area contributed by atoms with Crippen molar-refractivity contribution in [2.45, 2.75) is 12.1 Å². The molecule has 1 saturated heterocycles. The average Bonchev–Trinajstić information content (AvgIpc) is 2.29. The summed E-state index contributed by atoms with van der Waals surface area (Å²) in [7, 11) is 2.06. The molecule has 2 unspecified atom stereocenters. The van der Waals surface area contributed by atoms with E-state index in [1.807, 2.05) is 6.07 Å². The van der Waals surface area contributed by atoms with Crippen molar-refractivity contribution < 1.29 is 4.39 Å². The van der Waals surface area contributed by atoms with Gasteiger partial charge < -0.3 is 11.1 Å². The van der Waals surface area contributed by atoms with Gasteiger partial charge in [0.2, 0.25) is 0 Å². The Morgan fingerprint density at radius 1 is 1.56 bits per heavy atom. The third-order valence-corrected chi connectivity index (χ3v) is 3.21. The number of hydrogen-bond acceptors (Lipinski definition) is 3. The van der Waals surface area contributed by atoms with Crippen LogP contribution in [0.25, 0.3) is 0 Å². The first-order valence-electron chi connectivity index (χ1n) is 5.60. The van der Waals surface area contributed by atoms with Crippen LogP contribution in [0.15, 0.2) is 24.3 Å². The summed E-state index contributed by atoms with van der Waals surface area (Å²) in [5, 5.41) is 3.32. The quantitative estimate of drug-likeness (QED) is 0.776. The molecule has 0 radical (unpaired) electrons. The predicted octanol–water partition coefficient (Wildman–Crippen LogP) is 0.729. The topological polar surface area (TPSA) is 41.3 Å². The Balaban J connectivity index is 2.14. The average molecular weight is 223 g/mol. The van der Waals surface area contributed by atoms with Crippen LogP contribution < -0.4 is 11.1 Å². The Morgan fingerprint density at radius 3 is 3.06 bits per heavy atom. The number of rotatable bonds is 2. The van der Waals surface area contributed by atoms with Crippen molar-refractivity contribution in [1.82, 2.24) is 10.2 Å². The number of hydrogen-bond donors (Lipinski definition) is 2. The largest absolute Gasteiger partial charge is 0.323 e. The molecule has 0 spiro atoms. The lowest BCUT2D eigenvalue weighted by atomic mass is 9.98. The van der Waals surface area contributed by atoms with Gasteiger partial charge in [0.05, 0.1) is 0 Å². The van der Waals surface area contributed by atoms with Crippen LogP contribution in [0.2, 0.25) is 0 Å². The number of likely N-dealkylation sites (N-methyl/N-ethyl adjacent to an activating group) is 1. The third kappa shape index (κ3) is 2.40. The molecule has 1 aromatic rings. The van der Waals surface area contributed by atoms with Gasteiger partial charge in [-0.1, -0.05) is 12.1 Å². The first-order chi connectivity index (χ1) is 7.68. The highest BCUT2D eigenvalue weighted by Crippen LogP contribution is 2.19.